The van der Waals surface area contributed by atoms with Crippen LogP contribution in [0.1, 0.15) is 21.5 Å². The molecule has 182 valence electrons. The standard InChI is InChI=1S/C26H18Cl2N2O6/c1-35-25(33)17-7-9-18(10-8-17)30-24(32)19(23(31)29-26(30)34)11-16-12-20(27)22(21(28)13-16)36-14-15-5-3-2-4-6-15/h2-13H,14H2,1H3,(H,29,31,34)/b19-11+. The third-order valence-electron chi connectivity index (χ3n) is 5.21. The molecule has 8 nitrogen and oxygen atoms in total. The van der Waals surface area contributed by atoms with Crippen molar-refractivity contribution >= 4 is 58.8 Å². The van der Waals surface area contributed by atoms with Crippen molar-refractivity contribution in [2.75, 3.05) is 12.0 Å². The summed E-state index contributed by atoms with van der Waals surface area (Å²) in [5, 5.41) is 2.49. The molecule has 1 aliphatic heterocycles. The summed E-state index contributed by atoms with van der Waals surface area (Å²) < 4.78 is 10.4. The van der Waals surface area contributed by atoms with E-state index in [0.717, 1.165) is 10.5 Å². The van der Waals surface area contributed by atoms with Crippen molar-refractivity contribution in [3.63, 3.8) is 0 Å². The molecule has 1 N–H and O–H groups in total. The second-order valence-electron chi connectivity index (χ2n) is 7.58. The molecule has 0 atom stereocenters. The van der Waals surface area contributed by atoms with Crippen LogP contribution in [0.25, 0.3) is 6.08 Å². The van der Waals surface area contributed by atoms with Gasteiger partial charge in [-0.1, -0.05) is 53.5 Å². The molecule has 4 amide bonds. The Morgan fingerprint density at radius 3 is 2.22 bits per heavy atom. The normalized spacial score (nSPS) is 14.6. The first-order valence-corrected chi connectivity index (χ1v) is 11.3. The molecular weight excluding hydrogens is 507 g/mol. The molecule has 4 rings (SSSR count). The topological polar surface area (TPSA) is 102 Å². The lowest BCUT2D eigenvalue weighted by Crippen LogP contribution is -2.54. The highest BCUT2D eigenvalue weighted by molar-refractivity contribution is 6.40. The third-order valence-corrected chi connectivity index (χ3v) is 5.77. The molecule has 3 aromatic rings. The largest absolute Gasteiger partial charge is 0.486 e. The van der Waals surface area contributed by atoms with E-state index in [2.05, 4.69) is 10.1 Å². The molecule has 0 bridgehead atoms. The number of hydrogen-bond acceptors (Lipinski definition) is 6. The number of methoxy groups -OCH3 is 1. The number of benzene rings is 3. The number of carbonyl (C=O) groups excluding carboxylic acids is 4. The van der Waals surface area contributed by atoms with Crippen molar-refractivity contribution in [3.8, 4) is 5.75 Å². The van der Waals surface area contributed by atoms with E-state index in [1.54, 1.807) is 0 Å². The average molecular weight is 525 g/mol. The van der Waals surface area contributed by atoms with Gasteiger partial charge in [0.15, 0.2) is 5.75 Å². The molecule has 0 radical (unpaired) electrons. The summed E-state index contributed by atoms with van der Waals surface area (Å²) in [5.41, 5.74) is 1.36. The SMILES string of the molecule is COC(=O)c1ccc(N2C(=O)NC(=O)/C(=C\c3cc(Cl)c(OCc4ccccc4)c(Cl)c3)C2=O)cc1. The number of imide groups is 2. The smallest absolute Gasteiger partial charge is 0.337 e. The summed E-state index contributed by atoms with van der Waals surface area (Å²) in [5.74, 6) is -2.04. The first kappa shape index (κ1) is 25.0. The van der Waals surface area contributed by atoms with E-state index in [4.69, 9.17) is 27.9 Å². The Kier molecular flexibility index (Phi) is 7.38. The van der Waals surface area contributed by atoms with Gasteiger partial charge in [-0.25, -0.2) is 14.5 Å². The van der Waals surface area contributed by atoms with Crippen LogP contribution >= 0.6 is 23.2 Å². The minimum Gasteiger partial charge on any atom is -0.486 e. The van der Waals surface area contributed by atoms with Crippen molar-refractivity contribution < 1.29 is 28.7 Å². The number of carbonyl (C=O) groups is 4. The van der Waals surface area contributed by atoms with E-state index in [-0.39, 0.29) is 39.2 Å². The fourth-order valence-corrected chi connectivity index (χ4v) is 4.07. The number of nitrogens with one attached hydrogen (secondary N) is 1. The summed E-state index contributed by atoms with van der Waals surface area (Å²) >= 11 is 12.7. The van der Waals surface area contributed by atoms with Crippen LogP contribution in [0, 0.1) is 0 Å². The molecule has 1 fully saturated rings. The Morgan fingerprint density at radius 2 is 1.61 bits per heavy atom. The molecule has 0 saturated carbocycles. The van der Waals surface area contributed by atoms with Gasteiger partial charge >= 0.3 is 12.0 Å². The van der Waals surface area contributed by atoms with Gasteiger partial charge in [0.1, 0.15) is 12.2 Å². The molecule has 10 heteroatoms. The second-order valence-corrected chi connectivity index (χ2v) is 8.40. The van der Waals surface area contributed by atoms with Crippen LogP contribution in [0.4, 0.5) is 10.5 Å². The number of anilines is 1. The average Bonchev–Trinajstić information content (AvgIpc) is 2.86. The maximum atomic E-state index is 13.1. The van der Waals surface area contributed by atoms with Crippen LogP contribution in [0.3, 0.4) is 0 Å². The van der Waals surface area contributed by atoms with Crippen LogP contribution in [0.5, 0.6) is 5.75 Å². The fraction of sp³-hybridized carbons (Fsp3) is 0.0769. The van der Waals surface area contributed by atoms with Gasteiger partial charge in [-0.3, -0.25) is 14.9 Å². The molecule has 36 heavy (non-hydrogen) atoms. The lowest BCUT2D eigenvalue weighted by Gasteiger charge is -2.26. The Labute approximate surface area is 216 Å². The molecule has 0 unspecified atom stereocenters. The maximum Gasteiger partial charge on any atom is 0.337 e. The zero-order valence-corrected chi connectivity index (χ0v) is 20.3. The first-order chi connectivity index (χ1) is 17.3. The number of nitrogens with zero attached hydrogens (tertiary/aromatic N) is 1. The first-order valence-electron chi connectivity index (χ1n) is 10.5. The van der Waals surface area contributed by atoms with Gasteiger partial charge in [0.05, 0.1) is 28.4 Å². The van der Waals surface area contributed by atoms with Gasteiger partial charge in [-0.2, -0.15) is 0 Å². The minimum absolute atomic E-state index is 0.157. The molecule has 0 aliphatic carbocycles. The Balaban J connectivity index is 1.60. The second kappa shape index (κ2) is 10.6. The molecule has 0 spiro atoms. The lowest BCUT2D eigenvalue weighted by molar-refractivity contribution is -0.122. The number of ether oxygens (including phenoxy) is 2. The van der Waals surface area contributed by atoms with Gasteiger partial charge in [-0.05, 0) is 53.6 Å². The van der Waals surface area contributed by atoms with E-state index < -0.39 is 23.8 Å². The van der Waals surface area contributed by atoms with Gasteiger partial charge in [0.25, 0.3) is 11.8 Å². The molecular formula is C26H18Cl2N2O6. The Morgan fingerprint density at radius 1 is 0.972 bits per heavy atom. The predicted octanol–water partition coefficient (Wildman–Crippen LogP) is 5.03. The minimum atomic E-state index is -0.923. The zero-order chi connectivity index (χ0) is 25.8. The highest BCUT2D eigenvalue weighted by Gasteiger charge is 2.37. The third kappa shape index (κ3) is 5.25. The van der Waals surface area contributed by atoms with E-state index in [1.807, 2.05) is 30.3 Å². The van der Waals surface area contributed by atoms with Crippen LogP contribution in [0.2, 0.25) is 10.0 Å². The van der Waals surface area contributed by atoms with Gasteiger partial charge in [0, 0.05) is 0 Å². The number of rotatable bonds is 6. The van der Waals surface area contributed by atoms with Crippen LogP contribution in [-0.2, 0) is 20.9 Å². The van der Waals surface area contributed by atoms with Crippen LogP contribution in [-0.4, -0.2) is 30.9 Å². The Hall–Kier alpha value is -4.14. The van der Waals surface area contributed by atoms with Crippen molar-refractivity contribution in [3.05, 3.63) is 99.0 Å². The monoisotopic (exact) mass is 524 g/mol. The summed E-state index contributed by atoms with van der Waals surface area (Å²) in [6.07, 6.45) is 1.28. The number of barbiturate groups is 1. The highest BCUT2D eigenvalue weighted by atomic mass is 35.5. The predicted molar refractivity (Wildman–Crippen MR) is 134 cm³/mol. The number of hydrogen-bond donors (Lipinski definition) is 1. The maximum absolute atomic E-state index is 13.1. The number of halogens is 2. The number of urea groups is 1. The van der Waals surface area contributed by atoms with Crippen molar-refractivity contribution in [1.82, 2.24) is 5.32 Å². The zero-order valence-electron chi connectivity index (χ0n) is 18.8. The van der Waals surface area contributed by atoms with Gasteiger partial charge in [-0.15, -0.1) is 0 Å². The number of amides is 4. The fourth-order valence-electron chi connectivity index (χ4n) is 3.45. The van der Waals surface area contributed by atoms with E-state index in [0.29, 0.717) is 5.56 Å². The van der Waals surface area contributed by atoms with Crippen molar-refractivity contribution in [2.45, 2.75) is 6.61 Å². The van der Waals surface area contributed by atoms with Crippen LogP contribution in [0.15, 0.2) is 72.3 Å². The molecule has 1 aliphatic rings. The van der Waals surface area contributed by atoms with Crippen LogP contribution < -0.4 is 15.0 Å². The summed E-state index contributed by atoms with van der Waals surface area (Å²) in [7, 11) is 1.24. The Bertz CT molecular complexity index is 1360. The molecule has 1 saturated heterocycles. The van der Waals surface area contributed by atoms with Crippen molar-refractivity contribution in [1.29, 1.82) is 0 Å². The molecule has 3 aromatic carbocycles. The lowest BCUT2D eigenvalue weighted by atomic mass is 10.1. The summed E-state index contributed by atoms with van der Waals surface area (Å²) in [4.78, 5) is 50.5. The quantitative estimate of drug-likeness (QED) is 0.275. The summed E-state index contributed by atoms with van der Waals surface area (Å²) in [6.45, 7) is 0.243. The van der Waals surface area contributed by atoms with E-state index in [1.165, 1.54) is 49.6 Å². The molecule has 0 aromatic heterocycles. The van der Waals surface area contributed by atoms with E-state index >= 15 is 0 Å². The molecule has 1 heterocycles. The number of esters is 1. The van der Waals surface area contributed by atoms with E-state index in [9.17, 15) is 19.2 Å². The highest BCUT2D eigenvalue weighted by Crippen LogP contribution is 2.36. The van der Waals surface area contributed by atoms with Gasteiger partial charge < -0.3 is 9.47 Å². The van der Waals surface area contributed by atoms with Crippen molar-refractivity contribution in [2.24, 2.45) is 0 Å². The summed E-state index contributed by atoms with van der Waals surface area (Å²) in [6, 6.07) is 17.1. The van der Waals surface area contributed by atoms with Gasteiger partial charge in [0.2, 0.25) is 0 Å².